The molecule has 1 aliphatic rings. The number of hydrogen-bond acceptors (Lipinski definition) is 2. The summed E-state index contributed by atoms with van der Waals surface area (Å²) in [4.78, 5) is 4.25. The van der Waals surface area contributed by atoms with Crippen molar-refractivity contribution in [1.82, 2.24) is 10.3 Å². The third-order valence-corrected chi connectivity index (χ3v) is 3.81. The molecule has 2 unspecified atom stereocenters. The van der Waals surface area contributed by atoms with Gasteiger partial charge >= 0.3 is 6.18 Å². The van der Waals surface area contributed by atoms with Crippen LogP contribution < -0.4 is 5.32 Å². The van der Waals surface area contributed by atoms with Crippen LogP contribution in [0.2, 0.25) is 0 Å². The molecule has 1 heterocycles. The summed E-state index contributed by atoms with van der Waals surface area (Å²) < 4.78 is 38.1. The summed E-state index contributed by atoms with van der Waals surface area (Å²) in [6.07, 6.45) is -0.425. The van der Waals surface area contributed by atoms with Crippen molar-refractivity contribution in [2.45, 2.75) is 51.4 Å². The Balaban J connectivity index is 1.88. The Morgan fingerprint density at radius 2 is 2.16 bits per heavy atom. The van der Waals surface area contributed by atoms with E-state index in [1.165, 1.54) is 0 Å². The molecule has 1 saturated carbocycles. The van der Waals surface area contributed by atoms with Crippen LogP contribution in [-0.2, 0) is 6.54 Å². The van der Waals surface area contributed by atoms with Crippen LogP contribution >= 0.6 is 0 Å². The van der Waals surface area contributed by atoms with E-state index in [4.69, 9.17) is 0 Å². The molecule has 2 nitrogen and oxygen atoms in total. The zero-order valence-electron chi connectivity index (χ0n) is 11.0. The number of pyridine rings is 1. The number of hydrogen-bond donors (Lipinski definition) is 1. The van der Waals surface area contributed by atoms with Gasteiger partial charge in [0.2, 0.25) is 0 Å². The van der Waals surface area contributed by atoms with Gasteiger partial charge in [0.05, 0.1) is 11.6 Å². The first-order valence-electron chi connectivity index (χ1n) is 6.67. The third-order valence-electron chi connectivity index (χ3n) is 3.81. The molecule has 0 radical (unpaired) electrons. The first kappa shape index (κ1) is 14.3. The lowest BCUT2D eigenvalue weighted by Crippen LogP contribution is -2.38. The Hall–Kier alpha value is -1.10. The van der Waals surface area contributed by atoms with Gasteiger partial charge in [0.1, 0.15) is 0 Å². The Labute approximate surface area is 111 Å². The predicted molar refractivity (Wildman–Crippen MR) is 67.6 cm³/mol. The molecule has 1 N–H and O–H groups in total. The highest BCUT2D eigenvalue weighted by Gasteiger charge is 2.41. The maximum atomic E-state index is 12.7. The molecule has 1 aliphatic carbocycles. The van der Waals surface area contributed by atoms with Gasteiger partial charge in [-0.2, -0.15) is 13.2 Å². The van der Waals surface area contributed by atoms with Crippen LogP contribution in [0.5, 0.6) is 0 Å². The number of nitrogens with zero attached hydrogens (tertiary/aromatic N) is 1. The number of aryl methyl sites for hydroxylation is 1. The standard InChI is InChI=1S/C14H19F3N2/c1-10-4-3-7-18-13(10)9-19-12-6-2-5-11(8-12)14(15,16)17/h3-4,7,11-12,19H,2,5-6,8-9H2,1H3. The average Bonchev–Trinajstić information content (AvgIpc) is 2.37. The molecule has 0 saturated heterocycles. The summed E-state index contributed by atoms with van der Waals surface area (Å²) >= 11 is 0. The van der Waals surface area contributed by atoms with Gasteiger partial charge in [-0.3, -0.25) is 4.98 Å². The van der Waals surface area contributed by atoms with Crippen molar-refractivity contribution in [2.24, 2.45) is 5.92 Å². The van der Waals surface area contributed by atoms with Crippen LogP contribution in [0.3, 0.4) is 0 Å². The molecule has 1 fully saturated rings. The summed E-state index contributed by atoms with van der Waals surface area (Å²) in [6, 6.07) is 3.77. The Bertz CT molecular complexity index is 417. The second-order valence-corrected chi connectivity index (χ2v) is 5.25. The van der Waals surface area contributed by atoms with E-state index in [0.29, 0.717) is 13.0 Å². The fraction of sp³-hybridized carbons (Fsp3) is 0.643. The number of alkyl halides is 3. The molecule has 106 valence electrons. The molecule has 0 amide bonds. The number of aromatic nitrogens is 1. The fourth-order valence-corrected chi connectivity index (χ4v) is 2.62. The van der Waals surface area contributed by atoms with Crippen molar-refractivity contribution < 1.29 is 13.2 Å². The lowest BCUT2D eigenvalue weighted by molar-refractivity contribution is -0.183. The topological polar surface area (TPSA) is 24.9 Å². The summed E-state index contributed by atoms with van der Waals surface area (Å²) in [5, 5.41) is 3.22. The van der Waals surface area contributed by atoms with E-state index >= 15 is 0 Å². The van der Waals surface area contributed by atoms with E-state index < -0.39 is 12.1 Å². The largest absolute Gasteiger partial charge is 0.391 e. The lowest BCUT2D eigenvalue weighted by atomic mass is 9.85. The Morgan fingerprint density at radius 1 is 1.37 bits per heavy atom. The van der Waals surface area contributed by atoms with Crippen molar-refractivity contribution >= 4 is 0 Å². The van der Waals surface area contributed by atoms with E-state index in [0.717, 1.165) is 17.7 Å². The molecule has 1 aromatic heterocycles. The SMILES string of the molecule is Cc1cccnc1CNC1CCCC(C(F)(F)F)C1. The third kappa shape index (κ3) is 3.93. The molecule has 1 aromatic rings. The van der Waals surface area contributed by atoms with E-state index in [2.05, 4.69) is 10.3 Å². The minimum absolute atomic E-state index is 0.0539. The Kier molecular flexibility index (Phi) is 4.45. The smallest absolute Gasteiger partial charge is 0.308 e. The zero-order valence-corrected chi connectivity index (χ0v) is 11.0. The highest BCUT2D eigenvalue weighted by molar-refractivity contribution is 5.17. The van der Waals surface area contributed by atoms with Crippen molar-refractivity contribution in [3.8, 4) is 0 Å². The maximum Gasteiger partial charge on any atom is 0.391 e. The molecule has 0 aliphatic heterocycles. The Morgan fingerprint density at radius 3 is 2.84 bits per heavy atom. The van der Waals surface area contributed by atoms with E-state index in [-0.39, 0.29) is 18.9 Å². The van der Waals surface area contributed by atoms with E-state index in [1.807, 2.05) is 19.1 Å². The van der Waals surface area contributed by atoms with Crippen molar-refractivity contribution in [3.63, 3.8) is 0 Å². The van der Waals surface area contributed by atoms with E-state index in [9.17, 15) is 13.2 Å². The van der Waals surface area contributed by atoms with Gasteiger partial charge in [0.15, 0.2) is 0 Å². The molecular weight excluding hydrogens is 253 g/mol. The second kappa shape index (κ2) is 5.90. The first-order chi connectivity index (χ1) is 8.97. The van der Waals surface area contributed by atoms with Crippen molar-refractivity contribution in [2.75, 3.05) is 0 Å². The lowest BCUT2D eigenvalue weighted by Gasteiger charge is -2.31. The normalized spacial score (nSPS) is 24.4. The maximum absolute atomic E-state index is 12.7. The predicted octanol–water partition coefficient (Wildman–Crippen LogP) is 3.60. The highest BCUT2D eigenvalue weighted by Crippen LogP contribution is 2.37. The molecule has 19 heavy (non-hydrogen) atoms. The van der Waals surface area contributed by atoms with Crippen LogP contribution in [-0.4, -0.2) is 17.2 Å². The van der Waals surface area contributed by atoms with Gasteiger partial charge in [-0.05, 0) is 37.8 Å². The quantitative estimate of drug-likeness (QED) is 0.909. The molecule has 0 aromatic carbocycles. The minimum atomic E-state index is -4.05. The first-order valence-corrected chi connectivity index (χ1v) is 6.67. The molecule has 2 atom stereocenters. The van der Waals surface area contributed by atoms with Gasteiger partial charge < -0.3 is 5.32 Å². The summed E-state index contributed by atoms with van der Waals surface area (Å²) in [7, 11) is 0. The zero-order chi connectivity index (χ0) is 13.9. The summed E-state index contributed by atoms with van der Waals surface area (Å²) in [6.45, 7) is 2.51. The molecular formula is C14H19F3N2. The molecule has 0 spiro atoms. The molecule has 5 heteroatoms. The minimum Gasteiger partial charge on any atom is -0.308 e. The van der Waals surface area contributed by atoms with Crippen molar-refractivity contribution in [1.29, 1.82) is 0 Å². The van der Waals surface area contributed by atoms with Crippen LogP contribution in [0.15, 0.2) is 18.3 Å². The van der Waals surface area contributed by atoms with Gasteiger partial charge in [0, 0.05) is 18.8 Å². The molecule has 2 rings (SSSR count). The van der Waals surface area contributed by atoms with Gasteiger partial charge in [-0.1, -0.05) is 12.5 Å². The second-order valence-electron chi connectivity index (χ2n) is 5.25. The van der Waals surface area contributed by atoms with Crippen LogP contribution in [0.25, 0.3) is 0 Å². The summed E-state index contributed by atoms with van der Waals surface area (Å²) in [5.41, 5.74) is 1.98. The number of rotatable bonds is 3. The average molecular weight is 272 g/mol. The fourth-order valence-electron chi connectivity index (χ4n) is 2.62. The van der Waals surface area contributed by atoms with Gasteiger partial charge in [-0.15, -0.1) is 0 Å². The number of halogens is 3. The van der Waals surface area contributed by atoms with Gasteiger partial charge in [0.25, 0.3) is 0 Å². The monoisotopic (exact) mass is 272 g/mol. The molecule has 0 bridgehead atoms. The van der Waals surface area contributed by atoms with Crippen LogP contribution in [0, 0.1) is 12.8 Å². The number of nitrogens with one attached hydrogen (secondary N) is 1. The van der Waals surface area contributed by atoms with Crippen molar-refractivity contribution in [3.05, 3.63) is 29.6 Å². The summed E-state index contributed by atoms with van der Waals surface area (Å²) in [5.74, 6) is -1.15. The van der Waals surface area contributed by atoms with Crippen LogP contribution in [0.1, 0.15) is 36.9 Å². The highest BCUT2D eigenvalue weighted by atomic mass is 19.4. The van der Waals surface area contributed by atoms with Gasteiger partial charge in [-0.25, -0.2) is 0 Å². The van der Waals surface area contributed by atoms with Crippen LogP contribution in [0.4, 0.5) is 13.2 Å². The van der Waals surface area contributed by atoms with E-state index in [1.54, 1.807) is 6.20 Å².